The van der Waals surface area contributed by atoms with Crippen LogP contribution in [0.5, 0.6) is 5.75 Å². The predicted octanol–water partition coefficient (Wildman–Crippen LogP) is 2.87. The molecule has 1 aliphatic carbocycles. The first-order chi connectivity index (χ1) is 18.0. The van der Waals surface area contributed by atoms with Crippen molar-refractivity contribution in [3.05, 3.63) is 64.7 Å². The first-order valence-corrected chi connectivity index (χ1v) is 13.4. The molecule has 8 heteroatoms. The number of piperidine rings is 1. The van der Waals surface area contributed by atoms with E-state index < -0.39 is 11.9 Å². The molecule has 1 unspecified atom stereocenters. The van der Waals surface area contributed by atoms with E-state index in [4.69, 9.17) is 4.74 Å². The van der Waals surface area contributed by atoms with E-state index in [0.717, 1.165) is 30.3 Å². The van der Waals surface area contributed by atoms with Crippen LogP contribution in [-0.2, 0) is 22.7 Å². The summed E-state index contributed by atoms with van der Waals surface area (Å²) in [7, 11) is 0. The van der Waals surface area contributed by atoms with Crippen molar-refractivity contribution in [2.45, 2.75) is 63.9 Å². The smallest absolute Gasteiger partial charge is 0.255 e. The maximum absolute atomic E-state index is 13.0. The highest BCUT2D eigenvalue weighted by Gasteiger charge is 2.40. The molecule has 8 nitrogen and oxygen atoms in total. The van der Waals surface area contributed by atoms with Crippen LogP contribution in [0.3, 0.4) is 0 Å². The number of carbonyl (C=O) groups excluding carboxylic acids is 3. The quantitative estimate of drug-likeness (QED) is 0.587. The van der Waals surface area contributed by atoms with Gasteiger partial charge in [-0.3, -0.25) is 29.5 Å². The van der Waals surface area contributed by atoms with Crippen molar-refractivity contribution in [1.82, 2.24) is 20.0 Å². The normalized spacial score (nSPS) is 23.6. The molecule has 0 spiro atoms. The van der Waals surface area contributed by atoms with Crippen molar-refractivity contribution in [1.29, 1.82) is 0 Å². The summed E-state index contributed by atoms with van der Waals surface area (Å²) in [5.74, 6) is -0.220. The van der Waals surface area contributed by atoms with Crippen LogP contribution in [0.4, 0.5) is 0 Å². The Balaban J connectivity index is 1.07. The van der Waals surface area contributed by atoms with Crippen LogP contribution < -0.4 is 10.1 Å². The van der Waals surface area contributed by atoms with Gasteiger partial charge in [-0.05, 0) is 49.4 Å². The lowest BCUT2D eigenvalue weighted by Gasteiger charge is -2.38. The fraction of sp³-hybridized carbons (Fsp3) is 0.483. The minimum atomic E-state index is -0.628. The van der Waals surface area contributed by atoms with E-state index in [-0.39, 0.29) is 18.2 Å². The number of rotatable bonds is 7. The van der Waals surface area contributed by atoms with Crippen molar-refractivity contribution in [2.75, 3.05) is 26.2 Å². The first-order valence-electron chi connectivity index (χ1n) is 13.4. The maximum atomic E-state index is 13.0. The Morgan fingerprint density at radius 2 is 1.73 bits per heavy atom. The van der Waals surface area contributed by atoms with Gasteiger partial charge in [-0.25, -0.2) is 0 Å². The van der Waals surface area contributed by atoms with Crippen molar-refractivity contribution in [3.63, 3.8) is 0 Å². The van der Waals surface area contributed by atoms with Gasteiger partial charge in [0.15, 0.2) is 0 Å². The third-order valence-electron chi connectivity index (χ3n) is 8.36. The van der Waals surface area contributed by atoms with Gasteiger partial charge in [0.25, 0.3) is 5.91 Å². The number of piperazine rings is 1. The molecular weight excluding hydrogens is 468 g/mol. The topological polar surface area (TPSA) is 82.2 Å². The highest BCUT2D eigenvalue weighted by Crippen LogP contribution is 2.34. The van der Waals surface area contributed by atoms with Crippen LogP contribution >= 0.6 is 0 Å². The zero-order chi connectivity index (χ0) is 25.5. The molecular formula is C29H34N4O4. The minimum absolute atomic E-state index is 0.189. The van der Waals surface area contributed by atoms with E-state index >= 15 is 0 Å². The van der Waals surface area contributed by atoms with Gasteiger partial charge < -0.3 is 9.64 Å². The number of fused-ring (bicyclic) bond motifs is 1. The predicted molar refractivity (Wildman–Crippen MR) is 138 cm³/mol. The second-order valence-corrected chi connectivity index (χ2v) is 10.7. The van der Waals surface area contributed by atoms with E-state index in [0.29, 0.717) is 36.9 Å². The third-order valence-corrected chi connectivity index (χ3v) is 8.36. The zero-order valence-corrected chi connectivity index (χ0v) is 21.3. The third kappa shape index (κ3) is 4.88. The van der Waals surface area contributed by atoms with Crippen molar-refractivity contribution in [3.8, 4) is 5.75 Å². The molecule has 2 atom stereocenters. The van der Waals surface area contributed by atoms with Crippen molar-refractivity contribution >= 4 is 17.7 Å². The number of ether oxygens (including phenoxy) is 1. The summed E-state index contributed by atoms with van der Waals surface area (Å²) >= 11 is 0. The van der Waals surface area contributed by atoms with Gasteiger partial charge in [0.05, 0.1) is 6.54 Å². The summed E-state index contributed by atoms with van der Waals surface area (Å²) in [4.78, 5) is 43.7. The summed E-state index contributed by atoms with van der Waals surface area (Å²) in [5, 5.41) is 2.35. The van der Waals surface area contributed by atoms with E-state index in [2.05, 4.69) is 46.3 Å². The molecule has 2 aromatic rings. The lowest BCUT2D eigenvalue weighted by Crippen LogP contribution is -2.52. The maximum Gasteiger partial charge on any atom is 0.255 e. The summed E-state index contributed by atoms with van der Waals surface area (Å²) in [5.41, 5.74) is 3.74. The molecule has 0 aromatic heterocycles. The largest absolute Gasteiger partial charge is 0.489 e. The van der Waals surface area contributed by atoms with E-state index in [1.54, 1.807) is 11.0 Å². The molecule has 6 rings (SSSR count). The number of hydrogen-bond donors (Lipinski definition) is 1. The van der Waals surface area contributed by atoms with Gasteiger partial charge in [0.1, 0.15) is 18.4 Å². The second-order valence-electron chi connectivity index (χ2n) is 10.7. The lowest BCUT2D eigenvalue weighted by atomic mass is 10.0. The van der Waals surface area contributed by atoms with Gasteiger partial charge in [0, 0.05) is 55.8 Å². The van der Waals surface area contributed by atoms with Crippen LogP contribution in [0.25, 0.3) is 0 Å². The van der Waals surface area contributed by atoms with Crippen LogP contribution in [0.2, 0.25) is 0 Å². The van der Waals surface area contributed by atoms with Gasteiger partial charge in [-0.2, -0.15) is 0 Å². The first kappa shape index (κ1) is 24.1. The van der Waals surface area contributed by atoms with Gasteiger partial charge in [-0.1, -0.05) is 30.3 Å². The lowest BCUT2D eigenvalue weighted by molar-refractivity contribution is -0.136. The molecule has 37 heavy (non-hydrogen) atoms. The van der Waals surface area contributed by atoms with Crippen molar-refractivity contribution < 1.29 is 19.1 Å². The Morgan fingerprint density at radius 3 is 2.43 bits per heavy atom. The minimum Gasteiger partial charge on any atom is -0.489 e. The fourth-order valence-electron chi connectivity index (χ4n) is 5.89. The standard InChI is InChI=1S/C29H34N4O4/c1-19(31-13-15-32(16-14-31)22-9-10-22)21-7-5-20(6-8-21)18-37-26-4-2-3-23-24(26)17-33(29(23)36)25-11-12-27(34)30-28(25)35/h2-8,19,22,25H,9-18H2,1H3,(H,30,34,35)/t19-,25?/m1/s1. The average molecular weight is 503 g/mol. The zero-order valence-electron chi connectivity index (χ0n) is 21.3. The molecule has 0 radical (unpaired) electrons. The van der Waals surface area contributed by atoms with Gasteiger partial charge >= 0.3 is 0 Å². The number of nitrogens with one attached hydrogen (secondary N) is 1. The van der Waals surface area contributed by atoms with E-state index in [1.807, 2.05) is 12.1 Å². The fourth-order valence-corrected chi connectivity index (χ4v) is 5.89. The average Bonchev–Trinajstić information content (AvgIpc) is 3.71. The second kappa shape index (κ2) is 9.91. The summed E-state index contributed by atoms with van der Waals surface area (Å²) < 4.78 is 6.17. The monoisotopic (exact) mass is 502 g/mol. The molecule has 4 aliphatic rings. The molecule has 3 aliphatic heterocycles. The van der Waals surface area contributed by atoms with Crippen LogP contribution in [-0.4, -0.2) is 70.7 Å². The molecule has 1 saturated carbocycles. The molecule has 2 aromatic carbocycles. The van der Waals surface area contributed by atoms with E-state index in [9.17, 15) is 14.4 Å². The molecule has 3 fully saturated rings. The number of nitrogens with zero attached hydrogens (tertiary/aromatic N) is 3. The highest BCUT2D eigenvalue weighted by atomic mass is 16.5. The van der Waals surface area contributed by atoms with E-state index in [1.165, 1.54) is 31.5 Å². The van der Waals surface area contributed by atoms with Crippen LogP contribution in [0, 0.1) is 0 Å². The molecule has 194 valence electrons. The summed E-state index contributed by atoms with van der Waals surface area (Å²) in [6.07, 6.45) is 3.34. The Hall–Kier alpha value is -3.23. The Kier molecular flexibility index (Phi) is 6.46. The molecule has 3 heterocycles. The number of hydrogen-bond acceptors (Lipinski definition) is 6. The number of amides is 3. The Bertz CT molecular complexity index is 1200. The van der Waals surface area contributed by atoms with Crippen molar-refractivity contribution in [2.24, 2.45) is 0 Å². The molecule has 0 bridgehead atoms. The number of carbonyl (C=O) groups is 3. The summed E-state index contributed by atoms with van der Waals surface area (Å²) in [6.45, 7) is 7.58. The molecule has 1 N–H and O–H groups in total. The molecule has 2 saturated heterocycles. The highest BCUT2D eigenvalue weighted by molar-refractivity contribution is 6.05. The van der Waals surface area contributed by atoms with Gasteiger partial charge in [0.2, 0.25) is 11.8 Å². The van der Waals surface area contributed by atoms with Crippen LogP contribution in [0.15, 0.2) is 42.5 Å². The Labute approximate surface area is 217 Å². The molecule has 3 amide bonds. The van der Waals surface area contributed by atoms with Crippen LogP contribution in [0.1, 0.15) is 65.7 Å². The summed E-state index contributed by atoms with van der Waals surface area (Å²) in [6, 6.07) is 14.7. The van der Waals surface area contributed by atoms with Gasteiger partial charge in [-0.15, -0.1) is 0 Å². The number of benzene rings is 2. The Morgan fingerprint density at radius 1 is 0.973 bits per heavy atom. The SMILES string of the molecule is C[C@H](c1ccc(COc2cccc3c2CN(C2CCC(=O)NC2=O)C3=O)cc1)N1CCN(C2CC2)CC1. The number of imide groups is 1.